The van der Waals surface area contributed by atoms with Crippen molar-refractivity contribution in [2.24, 2.45) is 5.92 Å². The van der Waals surface area contributed by atoms with Gasteiger partial charge < -0.3 is 0 Å². The van der Waals surface area contributed by atoms with Gasteiger partial charge in [-0.15, -0.1) is 0 Å². The topological polar surface area (TPSA) is 12.9 Å². The van der Waals surface area contributed by atoms with Gasteiger partial charge in [-0.3, -0.25) is 4.98 Å². The first-order valence-electron chi connectivity index (χ1n) is 6.23. The average Bonchev–Trinajstić information content (AvgIpc) is 2.27. The van der Waals surface area contributed by atoms with Crippen LogP contribution in [0.2, 0.25) is 5.02 Å². The Kier molecular flexibility index (Phi) is 4.63. The molecule has 1 nitrogen and oxygen atoms in total. The fourth-order valence-electron chi connectivity index (χ4n) is 2.19. The van der Waals surface area contributed by atoms with Gasteiger partial charge in [0.05, 0.1) is 5.52 Å². The summed E-state index contributed by atoms with van der Waals surface area (Å²) >= 11 is 9.77. The average molecular weight is 327 g/mol. The summed E-state index contributed by atoms with van der Waals surface area (Å²) in [6, 6.07) is 8.02. The highest BCUT2D eigenvalue weighted by Gasteiger charge is 2.10. The van der Waals surface area contributed by atoms with Crippen molar-refractivity contribution in [2.45, 2.75) is 31.5 Å². The number of hydrogen-bond acceptors (Lipinski definition) is 1. The van der Waals surface area contributed by atoms with Crippen LogP contribution in [-0.4, -0.2) is 9.81 Å². The summed E-state index contributed by atoms with van der Waals surface area (Å²) in [4.78, 5) is 4.88. The number of benzene rings is 1. The second-order valence-corrected chi connectivity index (χ2v) is 6.79. The Morgan fingerprint density at radius 2 is 2.06 bits per heavy atom. The van der Waals surface area contributed by atoms with Crippen LogP contribution in [0.1, 0.15) is 25.8 Å². The zero-order valence-electron chi connectivity index (χ0n) is 10.7. The Morgan fingerprint density at radius 1 is 1.28 bits per heavy atom. The molecule has 1 heterocycles. The van der Waals surface area contributed by atoms with Crippen molar-refractivity contribution in [3.05, 3.63) is 41.0 Å². The molecule has 0 aliphatic rings. The number of hydrogen-bond donors (Lipinski definition) is 0. The SMILES string of the molecule is CC(C)CC(Br)Cc1ccnc2cc(Cl)ccc12. The number of fused-ring (bicyclic) bond motifs is 1. The van der Waals surface area contributed by atoms with Gasteiger partial charge >= 0.3 is 0 Å². The maximum absolute atomic E-state index is 6.00. The van der Waals surface area contributed by atoms with Gasteiger partial charge in [0, 0.05) is 21.4 Å². The first kappa shape index (κ1) is 13.8. The lowest BCUT2D eigenvalue weighted by Crippen LogP contribution is -2.07. The van der Waals surface area contributed by atoms with E-state index in [0.717, 1.165) is 17.0 Å². The van der Waals surface area contributed by atoms with Crippen LogP contribution < -0.4 is 0 Å². The quantitative estimate of drug-likeness (QED) is 0.700. The van der Waals surface area contributed by atoms with Crippen molar-refractivity contribution in [1.82, 2.24) is 4.98 Å². The van der Waals surface area contributed by atoms with Gasteiger partial charge in [0.15, 0.2) is 0 Å². The van der Waals surface area contributed by atoms with E-state index in [0.29, 0.717) is 10.7 Å². The number of alkyl halides is 1. The fourth-order valence-corrected chi connectivity index (χ4v) is 3.45. The summed E-state index contributed by atoms with van der Waals surface area (Å²) < 4.78 is 0. The molecule has 96 valence electrons. The van der Waals surface area contributed by atoms with Crippen LogP contribution in [0.25, 0.3) is 10.9 Å². The van der Waals surface area contributed by atoms with Crippen molar-refractivity contribution in [3.8, 4) is 0 Å². The molecule has 2 rings (SSSR count). The number of nitrogens with zero attached hydrogens (tertiary/aromatic N) is 1. The highest BCUT2D eigenvalue weighted by molar-refractivity contribution is 9.09. The first-order chi connectivity index (χ1) is 8.56. The minimum absolute atomic E-state index is 0.513. The van der Waals surface area contributed by atoms with Gasteiger partial charge in [0.2, 0.25) is 0 Å². The van der Waals surface area contributed by atoms with E-state index in [1.54, 1.807) is 0 Å². The standard InChI is InChI=1S/C15H17BrClN/c1-10(2)7-12(16)8-11-5-6-18-15-9-13(17)3-4-14(11)15/h3-6,9-10,12H,7-8H2,1-2H3. The Hall–Kier alpha value is -0.600. The van der Waals surface area contributed by atoms with E-state index in [1.807, 2.05) is 18.3 Å². The molecule has 0 bridgehead atoms. The predicted octanol–water partition coefficient (Wildman–Crippen LogP) is 5.24. The minimum Gasteiger partial charge on any atom is -0.256 e. The van der Waals surface area contributed by atoms with Crippen molar-refractivity contribution < 1.29 is 0 Å². The third kappa shape index (κ3) is 3.46. The zero-order chi connectivity index (χ0) is 13.1. The lowest BCUT2D eigenvalue weighted by atomic mass is 10.00. The molecule has 0 amide bonds. The smallest absolute Gasteiger partial charge is 0.0719 e. The van der Waals surface area contributed by atoms with Crippen LogP contribution >= 0.6 is 27.5 Å². The maximum atomic E-state index is 6.00. The van der Waals surface area contributed by atoms with Crippen molar-refractivity contribution in [1.29, 1.82) is 0 Å². The van der Waals surface area contributed by atoms with E-state index in [4.69, 9.17) is 11.6 Å². The normalized spacial score (nSPS) is 13.2. The Bertz CT molecular complexity index is 539. The van der Waals surface area contributed by atoms with Gasteiger partial charge in [0.1, 0.15) is 0 Å². The van der Waals surface area contributed by atoms with E-state index in [2.05, 4.69) is 46.9 Å². The Balaban J connectivity index is 2.28. The second kappa shape index (κ2) is 6.03. The van der Waals surface area contributed by atoms with Gasteiger partial charge in [-0.05, 0) is 42.5 Å². The molecule has 0 N–H and O–H groups in total. The summed E-state index contributed by atoms with van der Waals surface area (Å²) in [7, 11) is 0. The summed E-state index contributed by atoms with van der Waals surface area (Å²) in [6.07, 6.45) is 4.07. The maximum Gasteiger partial charge on any atom is 0.0719 e. The van der Waals surface area contributed by atoms with Crippen LogP contribution in [0.4, 0.5) is 0 Å². The fraction of sp³-hybridized carbons (Fsp3) is 0.400. The summed E-state index contributed by atoms with van der Waals surface area (Å²) in [5.41, 5.74) is 2.31. The number of halogens is 2. The third-order valence-electron chi connectivity index (χ3n) is 2.96. The molecule has 0 spiro atoms. The molecule has 18 heavy (non-hydrogen) atoms. The molecule has 1 unspecified atom stereocenters. The second-order valence-electron chi connectivity index (χ2n) is 5.06. The van der Waals surface area contributed by atoms with Crippen LogP contribution in [0.15, 0.2) is 30.5 Å². The molecule has 0 radical (unpaired) electrons. The molecule has 1 aromatic heterocycles. The first-order valence-corrected chi connectivity index (χ1v) is 7.53. The molecule has 1 atom stereocenters. The van der Waals surface area contributed by atoms with E-state index in [9.17, 15) is 0 Å². The van der Waals surface area contributed by atoms with Gasteiger partial charge in [0.25, 0.3) is 0 Å². The molecule has 0 saturated heterocycles. The highest BCUT2D eigenvalue weighted by Crippen LogP contribution is 2.25. The lowest BCUT2D eigenvalue weighted by molar-refractivity contribution is 0.571. The molecule has 3 heteroatoms. The highest BCUT2D eigenvalue weighted by atomic mass is 79.9. The molecular weight excluding hydrogens is 310 g/mol. The molecule has 0 aliphatic heterocycles. The van der Waals surface area contributed by atoms with E-state index in [-0.39, 0.29) is 0 Å². The number of pyridine rings is 1. The van der Waals surface area contributed by atoms with Crippen molar-refractivity contribution in [2.75, 3.05) is 0 Å². The van der Waals surface area contributed by atoms with Crippen molar-refractivity contribution in [3.63, 3.8) is 0 Å². The molecule has 1 aromatic carbocycles. The molecular formula is C15H17BrClN. The van der Waals surface area contributed by atoms with E-state index < -0.39 is 0 Å². The van der Waals surface area contributed by atoms with Crippen LogP contribution in [0.3, 0.4) is 0 Å². The van der Waals surface area contributed by atoms with Crippen LogP contribution in [0, 0.1) is 5.92 Å². The third-order valence-corrected chi connectivity index (χ3v) is 3.90. The predicted molar refractivity (Wildman–Crippen MR) is 82.6 cm³/mol. The van der Waals surface area contributed by atoms with Gasteiger partial charge in [-0.1, -0.05) is 47.4 Å². The monoisotopic (exact) mass is 325 g/mol. The molecule has 0 saturated carbocycles. The zero-order valence-corrected chi connectivity index (χ0v) is 13.0. The Labute approximate surface area is 122 Å². The molecule has 2 aromatic rings. The molecule has 0 aliphatic carbocycles. The van der Waals surface area contributed by atoms with Gasteiger partial charge in [-0.2, -0.15) is 0 Å². The lowest BCUT2D eigenvalue weighted by Gasteiger charge is -2.13. The van der Waals surface area contributed by atoms with Gasteiger partial charge in [-0.25, -0.2) is 0 Å². The summed E-state index contributed by atoms with van der Waals surface area (Å²) in [5, 5.41) is 1.94. The minimum atomic E-state index is 0.513. The van der Waals surface area contributed by atoms with E-state index >= 15 is 0 Å². The van der Waals surface area contributed by atoms with E-state index in [1.165, 1.54) is 17.4 Å². The van der Waals surface area contributed by atoms with Crippen molar-refractivity contribution >= 4 is 38.4 Å². The van der Waals surface area contributed by atoms with Crippen LogP contribution in [-0.2, 0) is 6.42 Å². The molecule has 0 fully saturated rings. The summed E-state index contributed by atoms with van der Waals surface area (Å²) in [5.74, 6) is 0.705. The van der Waals surface area contributed by atoms with Crippen LogP contribution in [0.5, 0.6) is 0 Å². The number of rotatable bonds is 4. The largest absolute Gasteiger partial charge is 0.256 e. The number of aromatic nitrogens is 1. The Morgan fingerprint density at radius 3 is 2.78 bits per heavy atom. The summed E-state index contributed by atoms with van der Waals surface area (Å²) in [6.45, 7) is 4.50.